The van der Waals surface area contributed by atoms with Crippen LogP contribution in [0.15, 0.2) is 24.3 Å². The first-order valence-corrected chi connectivity index (χ1v) is 6.29. The van der Waals surface area contributed by atoms with E-state index in [1.807, 2.05) is 6.07 Å². The summed E-state index contributed by atoms with van der Waals surface area (Å²) < 4.78 is 11.0. The molecule has 0 radical (unpaired) electrons. The number of ether oxygens (including phenoxy) is 2. The van der Waals surface area contributed by atoms with E-state index in [9.17, 15) is 0 Å². The van der Waals surface area contributed by atoms with Crippen molar-refractivity contribution >= 4 is 0 Å². The lowest BCUT2D eigenvalue weighted by Crippen LogP contribution is -2.53. The predicted molar refractivity (Wildman–Crippen MR) is 66.5 cm³/mol. The van der Waals surface area contributed by atoms with E-state index in [4.69, 9.17) is 9.47 Å². The second kappa shape index (κ2) is 4.31. The van der Waals surface area contributed by atoms with E-state index in [-0.39, 0.29) is 5.41 Å². The summed E-state index contributed by atoms with van der Waals surface area (Å²) in [6.07, 6.45) is 1.24. The maximum absolute atomic E-state index is 5.52. The largest absolute Gasteiger partial charge is 0.496 e. The van der Waals surface area contributed by atoms with Crippen LogP contribution in [0.5, 0.6) is 5.75 Å². The second-order valence-corrected chi connectivity index (χ2v) is 5.04. The van der Waals surface area contributed by atoms with Gasteiger partial charge in [-0.2, -0.15) is 0 Å². The van der Waals surface area contributed by atoms with Crippen molar-refractivity contribution in [2.24, 2.45) is 5.92 Å². The van der Waals surface area contributed by atoms with Gasteiger partial charge in [-0.25, -0.2) is 0 Å². The molecule has 92 valence electrons. The molecule has 0 aromatic heterocycles. The lowest BCUT2D eigenvalue weighted by atomic mass is 9.68. The summed E-state index contributed by atoms with van der Waals surface area (Å²) in [6.45, 7) is 3.89. The lowest BCUT2D eigenvalue weighted by Gasteiger charge is -2.46. The molecule has 17 heavy (non-hydrogen) atoms. The van der Waals surface area contributed by atoms with Crippen molar-refractivity contribution < 1.29 is 9.47 Å². The normalized spacial score (nSPS) is 26.5. The van der Waals surface area contributed by atoms with E-state index in [1.165, 1.54) is 12.0 Å². The van der Waals surface area contributed by atoms with Crippen LogP contribution in [-0.4, -0.2) is 33.4 Å². The summed E-state index contributed by atoms with van der Waals surface area (Å²) >= 11 is 0. The molecule has 1 atom stereocenters. The van der Waals surface area contributed by atoms with Crippen molar-refractivity contribution in [1.82, 2.24) is 5.32 Å². The average molecular weight is 233 g/mol. The van der Waals surface area contributed by atoms with Gasteiger partial charge in [0.05, 0.1) is 20.3 Å². The molecule has 0 amide bonds. The molecule has 1 aromatic rings. The minimum Gasteiger partial charge on any atom is -0.496 e. The number of hydrogen-bond donors (Lipinski definition) is 1. The van der Waals surface area contributed by atoms with Crippen LogP contribution in [0.1, 0.15) is 12.0 Å². The van der Waals surface area contributed by atoms with E-state index >= 15 is 0 Å². The summed E-state index contributed by atoms with van der Waals surface area (Å²) in [5.74, 6) is 1.68. The third-order valence-corrected chi connectivity index (χ3v) is 4.20. The third-order valence-electron chi connectivity index (χ3n) is 4.20. The Hall–Kier alpha value is -1.06. The number of benzene rings is 1. The summed E-state index contributed by atoms with van der Waals surface area (Å²) in [5, 5.41) is 3.46. The molecule has 1 aromatic carbocycles. The van der Waals surface area contributed by atoms with Gasteiger partial charge in [-0.15, -0.1) is 0 Å². The van der Waals surface area contributed by atoms with Crippen LogP contribution < -0.4 is 10.1 Å². The van der Waals surface area contributed by atoms with Gasteiger partial charge in [0.1, 0.15) is 5.75 Å². The maximum atomic E-state index is 5.52. The molecular formula is C14H19NO2. The first kappa shape index (κ1) is 11.1. The van der Waals surface area contributed by atoms with Crippen LogP contribution in [0.4, 0.5) is 0 Å². The molecule has 0 saturated carbocycles. The highest BCUT2D eigenvalue weighted by atomic mass is 16.5. The highest BCUT2D eigenvalue weighted by molar-refractivity contribution is 5.42. The standard InChI is InChI=1S/C14H19NO2/c1-16-13-5-3-2-4-12(13)14(9-17-10-14)11-6-7-15-8-11/h2-5,11,15H,6-10H2,1H3. The summed E-state index contributed by atoms with van der Waals surface area (Å²) in [4.78, 5) is 0. The quantitative estimate of drug-likeness (QED) is 0.859. The van der Waals surface area contributed by atoms with Crippen LogP contribution in [0.25, 0.3) is 0 Å². The Labute approximate surface area is 102 Å². The molecule has 3 heteroatoms. The van der Waals surface area contributed by atoms with Gasteiger partial charge in [-0.1, -0.05) is 18.2 Å². The van der Waals surface area contributed by atoms with E-state index in [0.717, 1.165) is 32.1 Å². The molecule has 0 aliphatic carbocycles. The molecule has 2 aliphatic heterocycles. The van der Waals surface area contributed by atoms with Gasteiger partial charge in [0.2, 0.25) is 0 Å². The fourth-order valence-corrected chi connectivity index (χ4v) is 3.12. The van der Waals surface area contributed by atoms with E-state index in [0.29, 0.717) is 5.92 Å². The molecule has 3 rings (SSSR count). The molecule has 2 saturated heterocycles. The number of nitrogens with one attached hydrogen (secondary N) is 1. The van der Waals surface area contributed by atoms with Gasteiger partial charge in [-0.05, 0) is 31.5 Å². The minimum absolute atomic E-state index is 0.177. The van der Waals surface area contributed by atoms with Gasteiger partial charge in [0, 0.05) is 11.0 Å². The Balaban J connectivity index is 1.98. The van der Waals surface area contributed by atoms with Crippen LogP contribution in [0.3, 0.4) is 0 Å². The molecule has 1 unspecified atom stereocenters. The first-order chi connectivity index (χ1) is 8.37. The zero-order valence-electron chi connectivity index (χ0n) is 10.2. The molecule has 0 bridgehead atoms. The van der Waals surface area contributed by atoms with Crippen molar-refractivity contribution in [3.05, 3.63) is 29.8 Å². The first-order valence-electron chi connectivity index (χ1n) is 6.29. The zero-order valence-corrected chi connectivity index (χ0v) is 10.2. The Morgan fingerprint density at radius 2 is 2.18 bits per heavy atom. The van der Waals surface area contributed by atoms with E-state index in [1.54, 1.807) is 7.11 Å². The molecule has 2 heterocycles. The van der Waals surface area contributed by atoms with Gasteiger partial charge in [0.15, 0.2) is 0 Å². The van der Waals surface area contributed by atoms with Crippen LogP contribution >= 0.6 is 0 Å². The van der Waals surface area contributed by atoms with Crippen molar-refractivity contribution in [3.63, 3.8) is 0 Å². The van der Waals surface area contributed by atoms with Crippen molar-refractivity contribution in [1.29, 1.82) is 0 Å². The fourth-order valence-electron chi connectivity index (χ4n) is 3.12. The lowest BCUT2D eigenvalue weighted by molar-refractivity contribution is -0.0877. The third kappa shape index (κ3) is 1.65. The highest BCUT2D eigenvalue weighted by Crippen LogP contribution is 2.45. The molecule has 3 nitrogen and oxygen atoms in total. The summed E-state index contributed by atoms with van der Waals surface area (Å²) in [7, 11) is 1.75. The maximum Gasteiger partial charge on any atom is 0.122 e. The summed E-state index contributed by atoms with van der Waals surface area (Å²) in [6, 6.07) is 8.38. The number of hydrogen-bond acceptors (Lipinski definition) is 3. The van der Waals surface area contributed by atoms with Gasteiger partial charge in [-0.3, -0.25) is 0 Å². The molecule has 2 fully saturated rings. The average Bonchev–Trinajstić information content (AvgIpc) is 2.82. The number of methoxy groups -OCH3 is 1. The summed E-state index contributed by atoms with van der Waals surface area (Å²) in [5.41, 5.74) is 1.50. The molecular weight excluding hydrogens is 214 g/mol. The second-order valence-electron chi connectivity index (χ2n) is 5.04. The number of para-hydroxylation sites is 1. The van der Waals surface area contributed by atoms with Gasteiger partial charge >= 0.3 is 0 Å². The Kier molecular flexibility index (Phi) is 2.81. The Morgan fingerprint density at radius 1 is 1.35 bits per heavy atom. The Bertz CT molecular complexity index is 395. The van der Waals surface area contributed by atoms with Crippen LogP contribution in [0, 0.1) is 5.92 Å². The molecule has 1 N–H and O–H groups in total. The highest BCUT2D eigenvalue weighted by Gasteiger charge is 2.49. The van der Waals surface area contributed by atoms with E-state index in [2.05, 4.69) is 23.5 Å². The Morgan fingerprint density at radius 3 is 2.76 bits per heavy atom. The van der Waals surface area contributed by atoms with Crippen LogP contribution in [-0.2, 0) is 10.2 Å². The fraction of sp³-hybridized carbons (Fsp3) is 0.571. The predicted octanol–water partition coefficient (Wildman–Crippen LogP) is 1.57. The smallest absolute Gasteiger partial charge is 0.122 e. The monoisotopic (exact) mass is 233 g/mol. The van der Waals surface area contributed by atoms with Gasteiger partial charge in [0.25, 0.3) is 0 Å². The molecule has 2 aliphatic rings. The van der Waals surface area contributed by atoms with Crippen molar-refractivity contribution in [2.75, 3.05) is 33.4 Å². The number of rotatable bonds is 3. The van der Waals surface area contributed by atoms with E-state index < -0.39 is 0 Å². The van der Waals surface area contributed by atoms with Crippen molar-refractivity contribution in [3.8, 4) is 5.75 Å². The van der Waals surface area contributed by atoms with Crippen molar-refractivity contribution in [2.45, 2.75) is 11.8 Å². The van der Waals surface area contributed by atoms with Gasteiger partial charge < -0.3 is 14.8 Å². The van der Waals surface area contributed by atoms with Crippen LogP contribution in [0.2, 0.25) is 0 Å². The topological polar surface area (TPSA) is 30.5 Å². The minimum atomic E-state index is 0.177. The zero-order chi connectivity index (χ0) is 11.7. The molecule has 0 spiro atoms. The SMILES string of the molecule is COc1ccccc1C1(C2CCNC2)COC1.